The Hall–Kier alpha value is -2.29. The van der Waals surface area contributed by atoms with Crippen LogP contribution in [0.3, 0.4) is 0 Å². The molecule has 0 saturated heterocycles. The molecule has 0 saturated carbocycles. The van der Waals surface area contributed by atoms with Crippen molar-refractivity contribution in [1.82, 2.24) is 0 Å². The molecule has 0 amide bonds. The summed E-state index contributed by atoms with van der Waals surface area (Å²) in [4.78, 5) is 13.8. The van der Waals surface area contributed by atoms with E-state index >= 15 is 0 Å². The highest BCUT2D eigenvalue weighted by Crippen LogP contribution is 2.49. The molecule has 0 aromatic heterocycles. The lowest BCUT2D eigenvalue weighted by atomic mass is 9.67. The van der Waals surface area contributed by atoms with E-state index < -0.39 is 34.0 Å². The molecule has 7 nitrogen and oxygen atoms in total. The molecule has 0 aliphatic heterocycles. The summed E-state index contributed by atoms with van der Waals surface area (Å²) in [5.74, 6) is -0.647. The molecule has 0 spiro atoms. The summed E-state index contributed by atoms with van der Waals surface area (Å²) in [7, 11) is 0. The van der Waals surface area contributed by atoms with Crippen molar-refractivity contribution in [2.24, 2.45) is 0 Å². The van der Waals surface area contributed by atoms with Crippen molar-refractivity contribution < 1.29 is 35.1 Å². The molecule has 2 aromatic carbocycles. The zero-order valence-corrected chi connectivity index (χ0v) is 22.4. The first kappa shape index (κ1) is 28.9. The average Bonchev–Trinajstić information content (AvgIpc) is 2.62. The molecule has 0 atom stereocenters. The van der Waals surface area contributed by atoms with Gasteiger partial charge in [0.1, 0.15) is 5.75 Å². The van der Waals surface area contributed by atoms with Gasteiger partial charge in [0, 0.05) is 11.1 Å². The molecule has 194 valence electrons. The molecule has 5 N–H and O–H groups in total. The van der Waals surface area contributed by atoms with Gasteiger partial charge in [-0.2, -0.15) is 0 Å². The average molecular weight is 489 g/mol. The maximum Gasteiger partial charge on any atom is 0.344 e. The first-order chi connectivity index (χ1) is 15.5. The van der Waals surface area contributed by atoms with E-state index in [9.17, 15) is 30.3 Å². The van der Waals surface area contributed by atoms with Crippen LogP contribution in [0, 0.1) is 0 Å². The summed E-state index contributed by atoms with van der Waals surface area (Å²) in [6.45, 7) is 14.6. The van der Waals surface area contributed by atoms with Crippen molar-refractivity contribution in [3.05, 3.63) is 63.7 Å². The molecular weight excluding hydrogens is 448 g/mol. The van der Waals surface area contributed by atoms with Gasteiger partial charge in [0.05, 0.1) is 33.6 Å². The van der Waals surface area contributed by atoms with Crippen LogP contribution in [0.4, 0.5) is 0 Å². The summed E-state index contributed by atoms with van der Waals surface area (Å²) in [6, 6.07) is 8.32. The van der Waals surface area contributed by atoms with Crippen LogP contribution < -0.4 is 4.74 Å². The van der Waals surface area contributed by atoms with Gasteiger partial charge in [-0.1, -0.05) is 18.2 Å². The number of esters is 1. The summed E-state index contributed by atoms with van der Waals surface area (Å²) in [6.07, 6.45) is 0. The van der Waals surface area contributed by atoms with E-state index in [2.05, 4.69) is 0 Å². The second-order valence-electron chi connectivity index (χ2n) is 11.7. The predicted octanol–water partition coefficient (Wildman–Crippen LogP) is 4.04. The van der Waals surface area contributed by atoms with Gasteiger partial charge in [-0.05, 0) is 98.1 Å². The summed E-state index contributed by atoms with van der Waals surface area (Å²) in [5.41, 5.74) is -8.38. The molecule has 0 heterocycles. The highest BCUT2D eigenvalue weighted by Gasteiger charge is 2.47. The standard InChI is InChI=1S/C28H40O7/c1-24(2,30)18-17(23(29)35-16-14-12-11-13-15-16)19(25(3,4)31)21(27(7,8)33)22(28(9,10)34)20(18)26(5,6)32/h11-15,30-34H,1-10H3. The minimum Gasteiger partial charge on any atom is -0.423 e. The van der Waals surface area contributed by atoms with Crippen molar-refractivity contribution >= 4 is 5.97 Å². The zero-order valence-electron chi connectivity index (χ0n) is 22.4. The molecule has 2 aromatic rings. The van der Waals surface area contributed by atoms with Crippen molar-refractivity contribution in [2.75, 3.05) is 0 Å². The minimum atomic E-state index is -1.72. The fourth-order valence-electron chi connectivity index (χ4n) is 4.66. The zero-order chi connectivity index (χ0) is 27.4. The number of para-hydroxylation sites is 1. The van der Waals surface area contributed by atoms with Gasteiger partial charge < -0.3 is 30.3 Å². The predicted molar refractivity (Wildman–Crippen MR) is 134 cm³/mol. The number of hydrogen-bond acceptors (Lipinski definition) is 7. The number of benzene rings is 2. The molecule has 0 aliphatic carbocycles. The minimum absolute atomic E-state index is 0.00631. The third kappa shape index (κ3) is 6.11. The SMILES string of the molecule is CC(C)(O)c1c(C(=O)Oc2ccccc2)c(C(C)(C)O)c(C(C)(C)O)c(C(C)(C)O)c1C(C)(C)O. The Labute approximate surface area is 208 Å². The molecular formula is C28H40O7. The van der Waals surface area contributed by atoms with Crippen molar-refractivity contribution in [3.8, 4) is 5.75 Å². The molecule has 0 unspecified atom stereocenters. The number of carbonyl (C=O) groups is 1. The number of rotatable bonds is 7. The van der Waals surface area contributed by atoms with Gasteiger partial charge in [0.25, 0.3) is 0 Å². The second-order valence-corrected chi connectivity index (χ2v) is 11.7. The van der Waals surface area contributed by atoms with E-state index in [0.717, 1.165) is 0 Å². The van der Waals surface area contributed by atoms with Crippen LogP contribution >= 0.6 is 0 Å². The van der Waals surface area contributed by atoms with Crippen molar-refractivity contribution in [3.63, 3.8) is 0 Å². The Morgan fingerprint density at radius 1 is 0.543 bits per heavy atom. The normalized spacial score (nSPS) is 13.7. The molecule has 0 aliphatic rings. The fourth-order valence-corrected chi connectivity index (χ4v) is 4.66. The summed E-state index contributed by atoms with van der Waals surface area (Å²) in [5, 5.41) is 56.7. The van der Waals surface area contributed by atoms with Crippen LogP contribution in [-0.4, -0.2) is 31.5 Å². The Morgan fingerprint density at radius 2 is 0.829 bits per heavy atom. The smallest absolute Gasteiger partial charge is 0.344 e. The first-order valence-corrected chi connectivity index (χ1v) is 11.6. The van der Waals surface area contributed by atoms with Gasteiger partial charge in [-0.25, -0.2) is 4.79 Å². The third-order valence-corrected chi connectivity index (χ3v) is 5.72. The molecule has 0 bridgehead atoms. The van der Waals surface area contributed by atoms with Gasteiger partial charge in [-0.3, -0.25) is 0 Å². The first-order valence-electron chi connectivity index (χ1n) is 11.6. The summed E-state index contributed by atoms with van der Waals surface area (Å²) >= 11 is 0. The molecule has 7 heteroatoms. The third-order valence-electron chi connectivity index (χ3n) is 5.72. The maximum absolute atomic E-state index is 13.8. The van der Waals surface area contributed by atoms with Crippen LogP contribution in [-0.2, 0) is 28.0 Å². The Kier molecular flexibility index (Phi) is 7.43. The van der Waals surface area contributed by atoms with Crippen LogP contribution in [0.25, 0.3) is 0 Å². The Bertz CT molecular complexity index is 1030. The lowest BCUT2D eigenvalue weighted by Crippen LogP contribution is -2.41. The number of aliphatic hydroxyl groups is 5. The molecule has 2 rings (SSSR count). The lowest BCUT2D eigenvalue weighted by molar-refractivity contribution is 0.0203. The molecule has 0 fully saturated rings. The topological polar surface area (TPSA) is 127 Å². The largest absolute Gasteiger partial charge is 0.423 e. The maximum atomic E-state index is 13.8. The van der Waals surface area contributed by atoms with E-state index in [4.69, 9.17) is 4.74 Å². The monoisotopic (exact) mass is 488 g/mol. The number of hydrogen-bond donors (Lipinski definition) is 5. The van der Waals surface area contributed by atoms with Gasteiger partial charge >= 0.3 is 5.97 Å². The van der Waals surface area contributed by atoms with Gasteiger partial charge in [-0.15, -0.1) is 0 Å². The van der Waals surface area contributed by atoms with Crippen molar-refractivity contribution in [1.29, 1.82) is 0 Å². The quantitative estimate of drug-likeness (QED) is 0.294. The Morgan fingerprint density at radius 3 is 1.11 bits per heavy atom. The second kappa shape index (κ2) is 8.98. The number of ether oxygens (including phenoxy) is 1. The highest BCUT2D eigenvalue weighted by atomic mass is 16.5. The summed E-state index contributed by atoms with van der Waals surface area (Å²) < 4.78 is 5.65. The fraction of sp³-hybridized carbons (Fsp3) is 0.536. The molecule has 0 radical (unpaired) electrons. The van der Waals surface area contributed by atoms with Crippen LogP contribution in [0.15, 0.2) is 30.3 Å². The van der Waals surface area contributed by atoms with Crippen LogP contribution in [0.5, 0.6) is 5.75 Å². The van der Waals surface area contributed by atoms with Crippen LogP contribution in [0.1, 0.15) is 107 Å². The van der Waals surface area contributed by atoms with Gasteiger partial charge in [0.2, 0.25) is 0 Å². The van der Waals surface area contributed by atoms with E-state index in [1.165, 1.54) is 69.2 Å². The van der Waals surface area contributed by atoms with Gasteiger partial charge in [0.15, 0.2) is 0 Å². The lowest BCUT2D eigenvalue weighted by Gasteiger charge is -2.42. The van der Waals surface area contributed by atoms with E-state index in [1.807, 2.05) is 0 Å². The van der Waals surface area contributed by atoms with E-state index in [0.29, 0.717) is 0 Å². The Balaban J connectivity index is 3.33. The highest BCUT2D eigenvalue weighted by molar-refractivity contribution is 5.96. The van der Waals surface area contributed by atoms with E-state index in [-0.39, 0.29) is 39.1 Å². The van der Waals surface area contributed by atoms with Crippen LogP contribution in [0.2, 0.25) is 0 Å². The molecule has 35 heavy (non-hydrogen) atoms. The van der Waals surface area contributed by atoms with Crippen molar-refractivity contribution in [2.45, 2.75) is 97.2 Å². The van der Waals surface area contributed by atoms with E-state index in [1.54, 1.807) is 30.3 Å². The number of carbonyl (C=O) groups excluding carboxylic acids is 1.